The molecule has 0 radical (unpaired) electrons. The number of H-pyrrole nitrogens is 4. The maximum Gasteiger partial charge on any atom is 0.405 e. The van der Waals surface area contributed by atoms with Crippen LogP contribution in [0.1, 0.15) is 134 Å². The second-order valence-corrected chi connectivity index (χ2v) is 29.4. The Morgan fingerprint density at radius 2 is 0.806 bits per heavy atom. The van der Waals surface area contributed by atoms with Crippen molar-refractivity contribution in [3.8, 4) is 45.6 Å². The molecule has 8 aromatic heterocycles. The Morgan fingerprint density at radius 1 is 0.452 bits per heavy atom. The molecule has 1 saturated heterocycles. The van der Waals surface area contributed by atoms with Gasteiger partial charge in [-0.25, -0.2) is 48.7 Å². The van der Waals surface area contributed by atoms with Crippen LogP contribution >= 0.6 is 0 Å². The van der Waals surface area contributed by atoms with Gasteiger partial charge in [0.05, 0.1) is 12.4 Å². The molecule has 8 amide bonds. The highest BCUT2D eigenvalue weighted by Gasteiger charge is 2.38. The van der Waals surface area contributed by atoms with E-state index in [4.69, 9.17) is 0 Å². The molecule has 11 rings (SSSR count). The van der Waals surface area contributed by atoms with Crippen molar-refractivity contribution < 1.29 is 118 Å². The maximum atomic E-state index is 14.4. The van der Waals surface area contributed by atoms with Crippen LogP contribution in [-0.4, -0.2) is 224 Å². The normalized spacial score (nSPS) is 13.4. The highest BCUT2D eigenvalue weighted by molar-refractivity contribution is 5.96. The summed E-state index contributed by atoms with van der Waals surface area (Å²) in [5.41, 5.74) is 1.42. The number of likely N-dealkylation sites (tertiary alicyclic amines) is 1. The van der Waals surface area contributed by atoms with Crippen molar-refractivity contribution in [1.82, 2.24) is 102 Å². The first-order valence-electron chi connectivity index (χ1n) is 37.9. The van der Waals surface area contributed by atoms with Crippen LogP contribution < -0.4 is 53.2 Å². The molecule has 0 spiro atoms. The Labute approximate surface area is 717 Å². The summed E-state index contributed by atoms with van der Waals surface area (Å²) in [7, 11) is 1.45. The predicted molar refractivity (Wildman–Crippen MR) is 452 cm³/mol. The number of nitrogens with one attached hydrogen (secondary N) is 14. The molecular weight excluding hydrogens is 1670 g/mol. The number of halogens is 14. The van der Waals surface area contributed by atoms with Gasteiger partial charge in [-0.05, 0) is 94.3 Å². The van der Waals surface area contributed by atoms with E-state index in [1.54, 1.807) is 72.7 Å². The third-order valence-corrected chi connectivity index (χ3v) is 17.9. The lowest BCUT2D eigenvalue weighted by atomic mass is 10.0. The monoisotopic (exact) mass is 1780 g/mol. The Hall–Kier alpha value is -13.6. The third kappa shape index (κ3) is 29.1. The highest BCUT2D eigenvalue weighted by atomic mass is 19.4. The van der Waals surface area contributed by atoms with E-state index in [2.05, 4.69) is 91.7 Å². The first kappa shape index (κ1) is 95.8. The minimum atomic E-state index is -4.58. The van der Waals surface area contributed by atoms with E-state index in [9.17, 15) is 99.8 Å². The molecular formula is C78H114F14N24O8. The average Bonchev–Trinajstić information content (AvgIpc) is 1.78. The lowest BCUT2D eigenvalue weighted by Crippen LogP contribution is -2.50. The molecule has 124 heavy (non-hydrogen) atoms. The quantitative estimate of drug-likeness (QED) is 0.0160. The summed E-state index contributed by atoms with van der Waals surface area (Å²) in [6.45, 7) is 9.19. The minimum absolute atomic E-state index is 0. The molecule has 2 aliphatic heterocycles. The molecule has 0 aliphatic carbocycles. The lowest BCUT2D eigenvalue weighted by molar-refractivity contribution is -0.140. The van der Waals surface area contributed by atoms with Gasteiger partial charge in [-0.2, -0.15) is 52.7 Å². The fourth-order valence-corrected chi connectivity index (χ4v) is 11.4. The Morgan fingerprint density at radius 3 is 1.19 bits per heavy atom. The Bertz CT molecular complexity index is 5110. The number of alkyl halides is 12. The molecule has 1 fully saturated rings. The summed E-state index contributed by atoms with van der Waals surface area (Å²) in [4.78, 5) is 145. The zero-order chi connectivity index (χ0) is 91.2. The summed E-state index contributed by atoms with van der Waals surface area (Å²) in [6.07, 6.45) is -1.58. The molecule has 0 unspecified atom stereocenters. The number of nitrogens with zero attached hydrogens (tertiary/aromatic N) is 10. The second kappa shape index (κ2) is 41.8. The number of hydrogen-bond acceptors (Lipinski definition) is 20. The summed E-state index contributed by atoms with van der Waals surface area (Å²) in [5.74, 6) is -6.72. The van der Waals surface area contributed by atoms with Crippen molar-refractivity contribution in [2.45, 2.75) is 123 Å². The topological polar surface area (TPSA) is 430 Å². The van der Waals surface area contributed by atoms with E-state index in [1.165, 1.54) is 83.8 Å². The van der Waals surface area contributed by atoms with Crippen LogP contribution in [0, 0.1) is 23.5 Å². The molecule has 9 aromatic rings. The second-order valence-electron chi connectivity index (χ2n) is 29.4. The summed E-state index contributed by atoms with van der Waals surface area (Å²) >= 11 is 0. The van der Waals surface area contributed by atoms with E-state index in [1.807, 2.05) is 53.1 Å². The molecule has 2 aliphatic rings. The van der Waals surface area contributed by atoms with Gasteiger partial charge in [-0.1, -0.05) is 70.2 Å². The standard InChI is InChI=1S/C23H24F4N6O2.C19H23F3N6O2.C19H21F3N6O2.C17H20F4N6O2.13H2/c1-13(2)18(22(35)31-12-23(25,26)27)32-20-16(24)11-29-19(33-20)15-8-17(28-10-15)21(34)30-9-14-6-4-3-5-7-14;2*1-18(2,17(30)25-11-19(20,21)22)27-14-5-6-23-15(26-14)12-9-13(24-10-12)16(29)28-7-3-4-8-28;1-8(2)12(16(29)25-7-17(19,20)21)26-14-10(18)6-24-13(27-14)9-4-11(23-5-9)15(28)22-3;;;;;;;;;;;;;/h3-8,10-11,13,18,28H,9,12H2,1-2H3,(H,30,34)(H,31,35)(H,29,32,33);5-6,9-10,24H,3-4,7-8,11H2,1-2H3,(H,25,30)(H,23,26,27);3-6,9-10,24H,7-8,11H2,1-2H3,(H,25,30)(H,23,26,27);4-6,8,12,23H,7H2,1-3H3,(H,22,28)(H,25,29)(H,24,26,27);13*1H/t18-;;;12-;;;;;;;;;;;;;/m1..1............./s1. The molecule has 46 heteroatoms. The molecule has 32 nitrogen and oxygen atoms in total. The highest BCUT2D eigenvalue weighted by Crippen LogP contribution is 2.29. The largest absolute Gasteiger partial charge is 0.405 e. The summed E-state index contributed by atoms with van der Waals surface area (Å²) < 4.78 is 177. The van der Waals surface area contributed by atoms with Gasteiger partial charge in [0.25, 0.3) is 23.6 Å². The van der Waals surface area contributed by atoms with Crippen LogP contribution in [0.25, 0.3) is 45.6 Å². The third-order valence-electron chi connectivity index (χ3n) is 17.9. The maximum absolute atomic E-state index is 14.4. The number of rotatable bonds is 28. The summed E-state index contributed by atoms with van der Waals surface area (Å²) in [5, 5.41) is 23.2. The van der Waals surface area contributed by atoms with Gasteiger partial charge in [0.15, 0.2) is 46.6 Å². The average molecular weight is 1780 g/mol. The number of hydrogen-bond donors (Lipinski definition) is 14. The zero-order valence-electron chi connectivity index (χ0n) is 67.7. The van der Waals surface area contributed by atoms with Crippen molar-refractivity contribution >= 4 is 70.5 Å². The van der Waals surface area contributed by atoms with Crippen molar-refractivity contribution in [3.63, 3.8) is 0 Å². The van der Waals surface area contributed by atoms with Crippen LogP contribution in [0.5, 0.6) is 0 Å². The van der Waals surface area contributed by atoms with E-state index in [0.717, 1.165) is 43.9 Å². The van der Waals surface area contributed by atoms with Gasteiger partial charge in [0, 0.05) is 118 Å². The first-order chi connectivity index (χ1) is 58.1. The van der Waals surface area contributed by atoms with Crippen LogP contribution in [0.3, 0.4) is 0 Å². The number of anilines is 4. The first-order valence-corrected chi connectivity index (χ1v) is 37.9. The lowest BCUT2D eigenvalue weighted by Gasteiger charge is -2.26. The van der Waals surface area contributed by atoms with Gasteiger partial charge in [-0.15, -0.1) is 0 Å². The molecule has 10 heterocycles. The molecule has 2 atom stereocenters. The fraction of sp³-hybridized carbons (Fsp3) is 0.385. The van der Waals surface area contributed by atoms with E-state index < -0.39 is 121 Å². The number of carbonyl (C=O) groups excluding carboxylic acids is 8. The molecule has 0 bridgehead atoms. The molecule has 692 valence electrons. The van der Waals surface area contributed by atoms with Crippen LogP contribution in [0.2, 0.25) is 0 Å². The van der Waals surface area contributed by atoms with E-state index in [-0.39, 0.29) is 88.5 Å². The molecule has 0 saturated carbocycles. The van der Waals surface area contributed by atoms with Gasteiger partial charge < -0.3 is 82.9 Å². The van der Waals surface area contributed by atoms with Crippen LogP contribution in [-0.2, 0) is 25.7 Å². The van der Waals surface area contributed by atoms with Crippen molar-refractivity contribution in [2.75, 3.05) is 80.7 Å². The number of aromatic amines is 4. The zero-order valence-corrected chi connectivity index (χ0v) is 67.7. The van der Waals surface area contributed by atoms with Crippen molar-refractivity contribution in [2.24, 2.45) is 11.8 Å². The SMILES string of the molecule is CC(C)(Nc1ccnc(-c2c[nH]c(C(=O)N3CC=CC3)c2)n1)C(=O)NCC(F)(F)F.CC(C)(Nc1ccnc(-c2c[nH]c(C(=O)N3CCCC3)c2)n1)C(=O)NCC(F)(F)F.CC(C)[C@@H](Nc1nc(-c2c[nH]c(C(=O)NCc3ccccc3)c2)ncc1F)C(=O)NCC(F)(F)F.CNC(=O)c1cc(-c2ncc(F)c(N[C@@H](C(=O)NCC(F)(F)F)C(C)C)n2)c[nH]1.[HH].[HH].[HH].[HH].[HH].[HH].[HH].[HH].[HH].[HH].[HH].[HH].[HH]. The van der Waals surface area contributed by atoms with Gasteiger partial charge in [0.1, 0.15) is 83.8 Å². The van der Waals surface area contributed by atoms with E-state index in [0.29, 0.717) is 64.9 Å². The summed E-state index contributed by atoms with van der Waals surface area (Å²) in [6, 6.07) is 16.2. The molecule has 1 aromatic carbocycles. The number of carbonyl (C=O) groups is 8. The fourth-order valence-electron chi connectivity index (χ4n) is 11.4. The number of aromatic nitrogens is 12. The van der Waals surface area contributed by atoms with Crippen LogP contribution in [0.4, 0.5) is 84.7 Å². The molecule has 14 N–H and O–H groups in total. The van der Waals surface area contributed by atoms with Crippen molar-refractivity contribution in [3.05, 3.63) is 168 Å². The smallest absolute Gasteiger partial charge is 0.356 e. The van der Waals surface area contributed by atoms with Gasteiger partial charge in [0.2, 0.25) is 23.6 Å². The number of amides is 8. The van der Waals surface area contributed by atoms with Gasteiger partial charge >= 0.3 is 24.7 Å². The van der Waals surface area contributed by atoms with E-state index >= 15 is 0 Å². The van der Waals surface area contributed by atoms with Crippen LogP contribution in [0.15, 0.2) is 128 Å². The predicted octanol–water partition coefficient (Wildman–Crippen LogP) is 13.9. The van der Waals surface area contributed by atoms with Crippen molar-refractivity contribution in [1.29, 1.82) is 0 Å². The minimum Gasteiger partial charge on any atom is -0.356 e. The Balaban J connectivity index is -0.000000406. The Kier molecular flexibility index (Phi) is 32.3. The number of benzene rings is 1. The van der Waals surface area contributed by atoms with Gasteiger partial charge in [-0.3, -0.25) is 38.4 Å².